The van der Waals surface area contributed by atoms with Crippen LogP contribution < -0.4 is 0 Å². The molecule has 5 nitrogen and oxygen atoms in total. The van der Waals surface area contributed by atoms with E-state index >= 15 is 0 Å². The Labute approximate surface area is 108 Å². The molecule has 5 heteroatoms. The molecule has 0 aromatic carbocycles. The first-order chi connectivity index (χ1) is 8.58. The molecule has 2 fully saturated rings. The minimum absolute atomic E-state index is 0.0350. The Bertz CT molecular complexity index is 324. The monoisotopic (exact) mass is 254 g/mol. The van der Waals surface area contributed by atoms with E-state index in [1.54, 1.807) is 4.90 Å². The lowest BCUT2D eigenvalue weighted by atomic mass is 9.97. The van der Waals surface area contributed by atoms with E-state index in [9.17, 15) is 9.59 Å². The van der Waals surface area contributed by atoms with Crippen molar-refractivity contribution in [2.24, 2.45) is 11.8 Å². The Hall–Kier alpha value is -1.26. The number of carbonyl (C=O) groups excluding carboxylic acids is 1. The summed E-state index contributed by atoms with van der Waals surface area (Å²) >= 11 is 0. The number of aliphatic carboxylic acids is 1. The van der Waals surface area contributed by atoms with Crippen LogP contribution in [-0.2, 0) is 4.79 Å². The van der Waals surface area contributed by atoms with Gasteiger partial charge in [0.25, 0.3) is 0 Å². The Balaban J connectivity index is 1.90. The fourth-order valence-electron chi connectivity index (χ4n) is 2.75. The van der Waals surface area contributed by atoms with E-state index < -0.39 is 5.97 Å². The van der Waals surface area contributed by atoms with Gasteiger partial charge in [0.2, 0.25) is 0 Å². The molecule has 0 aromatic heterocycles. The van der Waals surface area contributed by atoms with Gasteiger partial charge < -0.3 is 14.9 Å². The number of nitrogens with zero attached hydrogens (tertiary/aromatic N) is 2. The van der Waals surface area contributed by atoms with E-state index in [-0.39, 0.29) is 11.9 Å². The third-order valence-corrected chi connectivity index (χ3v) is 4.10. The van der Waals surface area contributed by atoms with Crippen LogP contribution in [0.25, 0.3) is 0 Å². The van der Waals surface area contributed by atoms with Crippen molar-refractivity contribution < 1.29 is 14.7 Å². The van der Waals surface area contributed by atoms with Gasteiger partial charge >= 0.3 is 12.0 Å². The van der Waals surface area contributed by atoms with E-state index in [2.05, 4.69) is 6.92 Å². The van der Waals surface area contributed by atoms with E-state index in [0.29, 0.717) is 25.4 Å². The van der Waals surface area contributed by atoms with E-state index in [0.717, 1.165) is 32.4 Å². The number of amides is 2. The molecule has 2 aliphatic heterocycles. The molecule has 18 heavy (non-hydrogen) atoms. The number of rotatable bonds is 1. The highest BCUT2D eigenvalue weighted by Gasteiger charge is 2.31. The zero-order chi connectivity index (χ0) is 13.1. The van der Waals surface area contributed by atoms with Crippen molar-refractivity contribution >= 4 is 12.0 Å². The van der Waals surface area contributed by atoms with Gasteiger partial charge in [-0.05, 0) is 31.6 Å². The van der Waals surface area contributed by atoms with Gasteiger partial charge in [0.05, 0.1) is 5.92 Å². The smallest absolute Gasteiger partial charge is 0.320 e. The zero-order valence-corrected chi connectivity index (χ0v) is 11.0. The summed E-state index contributed by atoms with van der Waals surface area (Å²) in [5, 5.41) is 9.03. The average Bonchev–Trinajstić information content (AvgIpc) is 2.39. The molecule has 1 atom stereocenters. The normalized spacial score (nSPS) is 26.2. The number of urea groups is 1. The lowest BCUT2D eigenvalue weighted by Crippen LogP contribution is -2.50. The SMILES string of the molecule is CC1CCN(C(=O)N2CCCC(C(=O)O)C2)CC1. The third kappa shape index (κ3) is 2.94. The second-order valence-corrected chi connectivity index (χ2v) is 5.58. The van der Waals surface area contributed by atoms with Gasteiger partial charge in [-0.25, -0.2) is 4.79 Å². The summed E-state index contributed by atoms with van der Waals surface area (Å²) in [4.78, 5) is 26.9. The number of carboxylic acids is 1. The van der Waals surface area contributed by atoms with E-state index in [1.165, 1.54) is 0 Å². The number of hydrogen-bond acceptors (Lipinski definition) is 2. The van der Waals surface area contributed by atoms with Crippen LogP contribution in [0.3, 0.4) is 0 Å². The van der Waals surface area contributed by atoms with Crippen molar-refractivity contribution in [1.82, 2.24) is 9.80 Å². The molecule has 2 rings (SSSR count). The summed E-state index contributed by atoms with van der Waals surface area (Å²) < 4.78 is 0. The van der Waals surface area contributed by atoms with E-state index in [1.807, 2.05) is 4.90 Å². The van der Waals surface area contributed by atoms with Crippen LogP contribution in [-0.4, -0.2) is 53.1 Å². The molecular weight excluding hydrogens is 232 g/mol. The Morgan fingerprint density at radius 1 is 1.06 bits per heavy atom. The van der Waals surface area contributed by atoms with Gasteiger partial charge in [0, 0.05) is 26.2 Å². The largest absolute Gasteiger partial charge is 0.481 e. The number of carboxylic acid groups (broad SMARTS) is 1. The molecular formula is C13H22N2O3. The molecule has 2 saturated heterocycles. The Kier molecular flexibility index (Phi) is 4.09. The third-order valence-electron chi connectivity index (χ3n) is 4.10. The number of carbonyl (C=O) groups is 2. The molecule has 2 heterocycles. The molecule has 0 radical (unpaired) electrons. The first-order valence-electron chi connectivity index (χ1n) is 6.84. The molecule has 1 N–H and O–H groups in total. The summed E-state index contributed by atoms with van der Waals surface area (Å²) in [5.41, 5.74) is 0. The molecule has 2 aliphatic rings. The molecule has 1 unspecified atom stereocenters. The fraction of sp³-hybridized carbons (Fsp3) is 0.846. The van der Waals surface area contributed by atoms with Crippen molar-refractivity contribution in [1.29, 1.82) is 0 Å². The molecule has 0 spiro atoms. The number of hydrogen-bond donors (Lipinski definition) is 1. The maximum absolute atomic E-state index is 12.3. The van der Waals surface area contributed by atoms with Crippen LogP contribution in [0, 0.1) is 11.8 Å². The van der Waals surface area contributed by atoms with Gasteiger partial charge in [0.15, 0.2) is 0 Å². The predicted octanol–water partition coefficient (Wildman–Crippen LogP) is 1.63. The standard InChI is InChI=1S/C13H22N2O3/c1-10-4-7-14(8-5-10)13(18)15-6-2-3-11(9-15)12(16)17/h10-11H,2-9H2,1H3,(H,16,17). The Morgan fingerprint density at radius 2 is 1.72 bits per heavy atom. The Morgan fingerprint density at radius 3 is 2.33 bits per heavy atom. The molecule has 0 aliphatic carbocycles. The molecule has 102 valence electrons. The van der Waals surface area contributed by atoms with Crippen LogP contribution in [0.2, 0.25) is 0 Å². The van der Waals surface area contributed by atoms with Crippen LogP contribution in [0.4, 0.5) is 4.79 Å². The number of likely N-dealkylation sites (tertiary alicyclic amines) is 2. The minimum atomic E-state index is -0.778. The van der Waals surface area contributed by atoms with Gasteiger partial charge in [-0.2, -0.15) is 0 Å². The van der Waals surface area contributed by atoms with Crippen LogP contribution in [0.15, 0.2) is 0 Å². The van der Waals surface area contributed by atoms with Crippen LogP contribution in [0.1, 0.15) is 32.6 Å². The second-order valence-electron chi connectivity index (χ2n) is 5.58. The van der Waals surface area contributed by atoms with Crippen molar-refractivity contribution in [3.05, 3.63) is 0 Å². The van der Waals surface area contributed by atoms with Gasteiger partial charge in [-0.1, -0.05) is 6.92 Å². The van der Waals surface area contributed by atoms with Crippen molar-refractivity contribution in [3.8, 4) is 0 Å². The maximum atomic E-state index is 12.3. The summed E-state index contributed by atoms with van der Waals surface area (Å²) in [7, 11) is 0. The van der Waals surface area contributed by atoms with Crippen molar-refractivity contribution in [3.63, 3.8) is 0 Å². The topological polar surface area (TPSA) is 60.9 Å². The second kappa shape index (κ2) is 5.59. The zero-order valence-electron chi connectivity index (χ0n) is 11.0. The first-order valence-corrected chi connectivity index (χ1v) is 6.84. The summed E-state index contributed by atoms with van der Waals surface area (Å²) in [6.45, 7) is 4.92. The van der Waals surface area contributed by atoms with Gasteiger partial charge in [-0.15, -0.1) is 0 Å². The maximum Gasteiger partial charge on any atom is 0.320 e. The summed E-state index contributed by atoms with van der Waals surface area (Å²) in [6, 6.07) is 0.0350. The highest BCUT2D eigenvalue weighted by Crippen LogP contribution is 2.21. The minimum Gasteiger partial charge on any atom is -0.481 e. The van der Waals surface area contributed by atoms with Crippen LogP contribution in [0.5, 0.6) is 0 Å². The molecule has 0 saturated carbocycles. The van der Waals surface area contributed by atoms with Gasteiger partial charge in [-0.3, -0.25) is 4.79 Å². The molecule has 2 amide bonds. The quantitative estimate of drug-likeness (QED) is 0.773. The highest BCUT2D eigenvalue weighted by molar-refractivity contribution is 5.76. The first kappa shape index (κ1) is 13.2. The van der Waals surface area contributed by atoms with Crippen molar-refractivity contribution in [2.45, 2.75) is 32.6 Å². The highest BCUT2D eigenvalue weighted by atomic mass is 16.4. The predicted molar refractivity (Wildman–Crippen MR) is 67.3 cm³/mol. The fourth-order valence-corrected chi connectivity index (χ4v) is 2.75. The molecule has 0 aromatic rings. The number of piperidine rings is 2. The summed E-state index contributed by atoms with van der Waals surface area (Å²) in [6.07, 6.45) is 3.60. The lowest BCUT2D eigenvalue weighted by molar-refractivity contribution is -0.143. The van der Waals surface area contributed by atoms with Crippen LogP contribution >= 0.6 is 0 Å². The van der Waals surface area contributed by atoms with E-state index in [4.69, 9.17) is 5.11 Å². The average molecular weight is 254 g/mol. The summed E-state index contributed by atoms with van der Waals surface area (Å²) in [5.74, 6) is -0.464. The van der Waals surface area contributed by atoms with Gasteiger partial charge in [0.1, 0.15) is 0 Å². The molecule has 0 bridgehead atoms. The van der Waals surface area contributed by atoms with Crippen molar-refractivity contribution in [2.75, 3.05) is 26.2 Å². The lowest BCUT2D eigenvalue weighted by Gasteiger charge is -2.37.